The fourth-order valence-corrected chi connectivity index (χ4v) is 2.87. The van der Waals surface area contributed by atoms with Gasteiger partial charge >= 0.3 is 0 Å². The molecular weight excluding hydrogens is 286 g/mol. The van der Waals surface area contributed by atoms with E-state index in [0.29, 0.717) is 18.2 Å². The van der Waals surface area contributed by atoms with Crippen LogP contribution in [0, 0.1) is 0 Å². The molecule has 110 valence electrons. The number of benzene rings is 1. The predicted octanol–water partition coefficient (Wildman–Crippen LogP) is 1.49. The number of carbonyl (C=O) groups excluding carboxylic acids is 1. The summed E-state index contributed by atoms with van der Waals surface area (Å²) in [4.78, 5) is 17.7. The number of anilines is 2. The molecule has 3 rings (SSSR count). The van der Waals surface area contributed by atoms with E-state index in [9.17, 15) is 4.79 Å². The van der Waals surface area contributed by atoms with E-state index >= 15 is 0 Å². The van der Waals surface area contributed by atoms with Crippen molar-refractivity contribution in [2.24, 2.45) is 5.73 Å². The van der Waals surface area contributed by atoms with Gasteiger partial charge in [0.05, 0.1) is 6.54 Å². The lowest BCUT2D eigenvalue weighted by atomic mass is 10.2. The Labute approximate surface area is 126 Å². The third-order valence-corrected chi connectivity index (χ3v) is 4.20. The van der Waals surface area contributed by atoms with E-state index in [-0.39, 0.29) is 6.54 Å². The minimum absolute atomic E-state index is 0.105. The summed E-state index contributed by atoms with van der Waals surface area (Å²) < 4.78 is 4.38. The van der Waals surface area contributed by atoms with Crippen molar-refractivity contribution < 1.29 is 4.79 Å². The highest BCUT2D eigenvalue weighted by Gasteiger charge is 2.28. The molecule has 21 heavy (non-hydrogen) atoms. The molecular formula is C14H17N5OS. The van der Waals surface area contributed by atoms with Crippen molar-refractivity contribution >= 4 is 28.3 Å². The fraction of sp³-hybridized carbons (Fsp3) is 0.357. The SMILES string of the molecule is NC(=O)CN(Cc1ccccc1N)c1nc(C2CC2)ns1. The molecule has 4 N–H and O–H groups in total. The first-order valence-electron chi connectivity index (χ1n) is 6.83. The average Bonchev–Trinajstić information content (AvgIpc) is 3.18. The van der Waals surface area contributed by atoms with Crippen molar-refractivity contribution in [1.82, 2.24) is 9.36 Å². The third kappa shape index (κ3) is 3.30. The number of amides is 1. The van der Waals surface area contributed by atoms with Crippen LogP contribution in [0.4, 0.5) is 10.8 Å². The van der Waals surface area contributed by atoms with Crippen LogP contribution in [0.1, 0.15) is 30.1 Å². The summed E-state index contributed by atoms with van der Waals surface area (Å²) >= 11 is 1.31. The van der Waals surface area contributed by atoms with Crippen molar-refractivity contribution in [3.05, 3.63) is 35.7 Å². The minimum atomic E-state index is -0.396. The highest BCUT2D eigenvalue weighted by Crippen LogP contribution is 2.39. The van der Waals surface area contributed by atoms with Gasteiger partial charge in [0, 0.05) is 29.7 Å². The van der Waals surface area contributed by atoms with Crippen LogP contribution in [0.5, 0.6) is 0 Å². The molecule has 7 heteroatoms. The van der Waals surface area contributed by atoms with E-state index in [1.165, 1.54) is 11.5 Å². The molecule has 0 aliphatic heterocycles. The minimum Gasteiger partial charge on any atom is -0.398 e. The van der Waals surface area contributed by atoms with Gasteiger partial charge in [0.2, 0.25) is 11.0 Å². The monoisotopic (exact) mass is 303 g/mol. The van der Waals surface area contributed by atoms with E-state index in [2.05, 4.69) is 9.36 Å². The highest BCUT2D eigenvalue weighted by molar-refractivity contribution is 7.09. The van der Waals surface area contributed by atoms with Crippen LogP contribution in [0.15, 0.2) is 24.3 Å². The van der Waals surface area contributed by atoms with Gasteiger partial charge in [-0.2, -0.15) is 4.37 Å². The van der Waals surface area contributed by atoms with Gasteiger partial charge in [0.25, 0.3) is 0 Å². The smallest absolute Gasteiger partial charge is 0.237 e. The third-order valence-electron chi connectivity index (χ3n) is 3.41. The summed E-state index contributed by atoms with van der Waals surface area (Å²) in [5.41, 5.74) is 13.0. The van der Waals surface area contributed by atoms with E-state index in [1.54, 1.807) is 0 Å². The number of para-hydroxylation sites is 1. The van der Waals surface area contributed by atoms with Gasteiger partial charge in [-0.05, 0) is 24.5 Å². The zero-order valence-electron chi connectivity index (χ0n) is 11.5. The molecule has 2 aromatic rings. The number of aromatic nitrogens is 2. The molecule has 0 radical (unpaired) electrons. The maximum Gasteiger partial charge on any atom is 0.237 e. The van der Waals surface area contributed by atoms with Crippen LogP contribution in [0.2, 0.25) is 0 Å². The number of primary amides is 1. The zero-order chi connectivity index (χ0) is 14.8. The number of nitrogens with zero attached hydrogens (tertiary/aromatic N) is 3. The van der Waals surface area contributed by atoms with Gasteiger partial charge in [-0.1, -0.05) is 18.2 Å². The van der Waals surface area contributed by atoms with Gasteiger partial charge in [0.1, 0.15) is 5.82 Å². The van der Waals surface area contributed by atoms with Crippen molar-refractivity contribution in [2.75, 3.05) is 17.2 Å². The quantitative estimate of drug-likeness (QED) is 0.788. The second-order valence-corrected chi connectivity index (χ2v) is 5.96. The van der Waals surface area contributed by atoms with Gasteiger partial charge in [0.15, 0.2) is 0 Å². The summed E-state index contributed by atoms with van der Waals surface area (Å²) in [5, 5.41) is 0.721. The van der Waals surface area contributed by atoms with Gasteiger partial charge in [-0.15, -0.1) is 0 Å². The normalized spacial score (nSPS) is 14.1. The summed E-state index contributed by atoms with van der Waals surface area (Å²) in [6.45, 7) is 0.600. The van der Waals surface area contributed by atoms with Gasteiger partial charge in [-0.25, -0.2) is 4.98 Å². The summed E-state index contributed by atoms with van der Waals surface area (Å²) in [5.74, 6) is 0.977. The lowest BCUT2D eigenvalue weighted by Crippen LogP contribution is -2.33. The Morgan fingerprint density at radius 1 is 1.38 bits per heavy atom. The Kier molecular flexibility index (Phi) is 3.74. The molecule has 1 aliphatic carbocycles. The Bertz CT molecular complexity index is 652. The van der Waals surface area contributed by atoms with Crippen molar-refractivity contribution in [3.8, 4) is 0 Å². The summed E-state index contributed by atoms with van der Waals surface area (Å²) in [6, 6.07) is 7.58. The standard InChI is InChI=1S/C14H17N5OS/c15-11-4-2-1-3-10(11)7-19(8-12(16)20)14-17-13(18-21-14)9-5-6-9/h1-4,9H,5-8,15H2,(H2,16,20). The van der Waals surface area contributed by atoms with Crippen LogP contribution < -0.4 is 16.4 Å². The number of nitrogen functional groups attached to an aromatic ring is 1. The maximum absolute atomic E-state index is 11.3. The van der Waals surface area contributed by atoms with Crippen LogP contribution in [0.25, 0.3) is 0 Å². The van der Waals surface area contributed by atoms with Crippen molar-refractivity contribution in [3.63, 3.8) is 0 Å². The highest BCUT2D eigenvalue weighted by atomic mass is 32.1. The van der Waals surface area contributed by atoms with Crippen LogP contribution in [-0.2, 0) is 11.3 Å². The molecule has 0 bridgehead atoms. The molecule has 0 saturated heterocycles. The van der Waals surface area contributed by atoms with E-state index in [4.69, 9.17) is 11.5 Å². The van der Waals surface area contributed by atoms with E-state index in [0.717, 1.165) is 29.4 Å². The van der Waals surface area contributed by atoms with Crippen molar-refractivity contribution in [1.29, 1.82) is 0 Å². The van der Waals surface area contributed by atoms with E-state index in [1.807, 2.05) is 29.2 Å². The second-order valence-electron chi connectivity index (χ2n) is 5.23. The topological polar surface area (TPSA) is 98.1 Å². The first-order chi connectivity index (χ1) is 10.1. The molecule has 0 spiro atoms. The molecule has 1 aromatic heterocycles. The predicted molar refractivity (Wildman–Crippen MR) is 83.0 cm³/mol. The average molecular weight is 303 g/mol. The summed E-state index contributed by atoms with van der Waals surface area (Å²) in [6.07, 6.45) is 2.30. The van der Waals surface area contributed by atoms with Crippen molar-refractivity contribution in [2.45, 2.75) is 25.3 Å². The number of hydrogen-bond acceptors (Lipinski definition) is 6. The Morgan fingerprint density at radius 3 is 2.81 bits per heavy atom. The van der Waals surface area contributed by atoms with Gasteiger partial charge in [-0.3, -0.25) is 4.79 Å². The molecule has 0 unspecified atom stereocenters. The maximum atomic E-state index is 11.3. The largest absolute Gasteiger partial charge is 0.398 e. The summed E-state index contributed by atoms with van der Waals surface area (Å²) in [7, 11) is 0. The lowest BCUT2D eigenvalue weighted by molar-refractivity contribution is -0.116. The number of nitrogens with two attached hydrogens (primary N) is 2. The lowest BCUT2D eigenvalue weighted by Gasteiger charge is -2.20. The Morgan fingerprint density at radius 2 is 2.14 bits per heavy atom. The molecule has 1 saturated carbocycles. The molecule has 6 nitrogen and oxygen atoms in total. The van der Waals surface area contributed by atoms with Crippen LogP contribution in [-0.4, -0.2) is 21.8 Å². The van der Waals surface area contributed by atoms with Crippen LogP contribution >= 0.6 is 11.5 Å². The molecule has 1 aromatic carbocycles. The number of carbonyl (C=O) groups is 1. The molecule has 1 fully saturated rings. The number of rotatable bonds is 6. The first kappa shape index (κ1) is 13.8. The zero-order valence-corrected chi connectivity index (χ0v) is 12.3. The fourth-order valence-electron chi connectivity index (χ4n) is 2.13. The Hall–Kier alpha value is -2.15. The molecule has 1 aliphatic rings. The van der Waals surface area contributed by atoms with E-state index < -0.39 is 5.91 Å². The Balaban J connectivity index is 1.82. The van der Waals surface area contributed by atoms with Crippen LogP contribution in [0.3, 0.4) is 0 Å². The van der Waals surface area contributed by atoms with Gasteiger partial charge < -0.3 is 16.4 Å². The second kappa shape index (κ2) is 5.69. The molecule has 1 amide bonds. The molecule has 0 atom stereocenters. The number of hydrogen-bond donors (Lipinski definition) is 2. The molecule has 1 heterocycles. The first-order valence-corrected chi connectivity index (χ1v) is 7.61.